The molecule has 2 aromatic heterocycles. The van der Waals surface area contributed by atoms with Gasteiger partial charge in [-0.2, -0.15) is 5.10 Å². The van der Waals surface area contributed by atoms with Crippen molar-refractivity contribution in [2.24, 2.45) is 0 Å². The van der Waals surface area contributed by atoms with Crippen LogP contribution < -0.4 is 5.32 Å². The summed E-state index contributed by atoms with van der Waals surface area (Å²) in [6, 6.07) is 1.46. The van der Waals surface area contributed by atoms with Gasteiger partial charge in [-0.25, -0.2) is 4.98 Å². The van der Waals surface area contributed by atoms with Gasteiger partial charge in [0.25, 0.3) is 5.91 Å². The molecule has 0 saturated carbocycles. The van der Waals surface area contributed by atoms with Crippen LogP contribution in [0.4, 0.5) is 5.13 Å². The summed E-state index contributed by atoms with van der Waals surface area (Å²) < 4.78 is 1.19. The van der Waals surface area contributed by atoms with E-state index in [1.807, 2.05) is 13.8 Å². The molecule has 0 bridgehead atoms. The Kier molecular flexibility index (Phi) is 3.61. The average molecular weight is 280 g/mol. The first-order chi connectivity index (χ1) is 8.95. The minimum Gasteiger partial charge on any atom is -0.480 e. The number of thiazole rings is 1. The fraction of sp³-hybridized carbons (Fsp3) is 0.273. The van der Waals surface area contributed by atoms with Crippen LogP contribution in [0.15, 0.2) is 12.3 Å². The van der Waals surface area contributed by atoms with Gasteiger partial charge in [0, 0.05) is 11.1 Å². The number of nitrogens with one attached hydrogen (secondary N) is 1. The van der Waals surface area contributed by atoms with E-state index < -0.39 is 11.9 Å². The van der Waals surface area contributed by atoms with E-state index in [1.54, 1.807) is 0 Å². The predicted molar refractivity (Wildman–Crippen MR) is 69.4 cm³/mol. The highest BCUT2D eigenvalue weighted by Gasteiger charge is 2.13. The van der Waals surface area contributed by atoms with Crippen LogP contribution in [0.25, 0.3) is 0 Å². The van der Waals surface area contributed by atoms with Gasteiger partial charge in [0.15, 0.2) is 10.8 Å². The summed E-state index contributed by atoms with van der Waals surface area (Å²) in [7, 11) is 0. The summed E-state index contributed by atoms with van der Waals surface area (Å²) in [5, 5.41) is 15.6. The van der Waals surface area contributed by atoms with Crippen molar-refractivity contribution in [1.82, 2.24) is 14.8 Å². The van der Waals surface area contributed by atoms with Crippen molar-refractivity contribution >= 4 is 28.3 Å². The number of carboxylic acid groups (broad SMARTS) is 1. The molecule has 19 heavy (non-hydrogen) atoms. The minimum absolute atomic E-state index is 0.159. The molecule has 0 fully saturated rings. The quantitative estimate of drug-likeness (QED) is 0.879. The molecule has 0 spiro atoms. The zero-order valence-electron chi connectivity index (χ0n) is 10.4. The Hall–Kier alpha value is -2.22. The van der Waals surface area contributed by atoms with Crippen LogP contribution in [0, 0.1) is 13.8 Å². The van der Waals surface area contributed by atoms with E-state index in [0.717, 1.165) is 10.6 Å². The summed E-state index contributed by atoms with van der Waals surface area (Å²) in [5.74, 6) is -1.42. The second-order valence-electron chi connectivity index (χ2n) is 3.91. The maximum absolute atomic E-state index is 11.9. The van der Waals surface area contributed by atoms with Gasteiger partial charge in [0.1, 0.15) is 6.54 Å². The highest BCUT2D eigenvalue weighted by molar-refractivity contribution is 7.15. The lowest BCUT2D eigenvalue weighted by Crippen LogP contribution is -2.14. The summed E-state index contributed by atoms with van der Waals surface area (Å²) in [5.41, 5.74) is 1.03. The van der Waals surface area contributed by atoms with Gasteiger partial charge < -0.3 is 5.11 Å². The van der Waals surface area contributed by atoms with Crippen LogP contribution in [0.1, 0.15) is 21.1 Å². The van der Waals surface area contributed by atoms with Gasteiger partial charge in [0.05, 0.1) is 5.69 Å². The minimum atomic E-state index is -1.01. The molecule has 0 saturated heterocycles. The first-order valence-electron chi connectivity index (χ1n) is 5.46. The highest BCUT2D eigenvalue weighted by Crippen LogP contribution is 2.21. The maximum Gasteiger partial charge on any atom is 0.325 e. The lowest BCUT2D eigenvalue weighted by molar-refractivity contribution is -0.137. The highest BCUT2D eigenvalue weighted by atomic mass is 32.1. The first kappa shape index (κ1) is 13.2. The molecule has 2 heterocycles. The Morgan fingerprint density at radius 2 is 2.21 bits per heavy atom. The molecule has 0 radical (unpaired) electrons. The number of anilines is 1. The number of aromatic nitrogens is 3. The molecule has 100 valence electrons. The largest absolute Gasteiger partial charge is 0.480 e. The van der Waals surface area contributed by atoms with E-state index in [4.69, 9.17) is 5.11 Å². The van der Waals surface area contributed by atoms with Crippen molar-refractivity contribution in [3.05, 3.63) is 28.5 Å². The van der Waals surface area contributed by atoms with E-state index in [0.29, 0.717) is 5.13 Å². The molecular weight excluding hydrogens is 268 g/mol. The molecule has 1 amide bonds. The molecule has 0 atom stereocenters. The van der Waals surface area contributed by atoms with E-state index in [1.165, 1.54) is 28.3 Å². The van der Waals surface area contributed by atoms with E-state index in [-0.39, 0.29) is 12.2 Å². The monoisotopic (exact) mass is 280 g/mol. The lowest BCUT2D eigenvalue weighted by atomic mass is 10.4. The number of carbonyl (C=O) groups is 2. The normalized spacial score (nSPS) is 10.4. The molecule has 8 heteroatoms. The lowest BCUT2D eigenvalue weighted by Gasteiger charge is -1.98. The molecule has 0 unspecified atom stereocenters. The van der Waals surface area contributed by atoms with Crippen molar-refractivity contribution in [3.8, 4) is 0 Å². The van der Waals surface area contributed by atoms with Crippen molar-refractivity contribution in [2.45, 2.75) is 20.4 Å². The second kappa shape index (κ2) is 5.19. The standard InChI is InChI=1S/C11H12N4O3S/c1-6-7(2)19-11(12-6)13-10(18)8-3-4-15(14-8)5-9(16)17/h3-4H,5H2,1-2H3,(H,16,17)(H,12,13,18). The molecule has 2 N–H and O–H groups in total. The number of aliphatic carboxylic acids is 1. The van der Waals surface area contributed by atoms with Crippen LogP contribution in [0.5, 0.6) is 0 Å². The molecule has 0 aromatic carbocycles. The Morgan fingerprint density at radius 3 is 2.79 bits per heavy atom. The summed E-state index contributed by atoms with van der Waals surface area (Å²) in [6.07, 6.45) is 1.45. The summed E-state index contributed by atoms with van der Waals surface area (Å²) >= 11 is 1.38. The molecule has 0 aliphatic carbocycles. The third-order valence-corrected chi connectivity index (χ3v) is 3.41. The number of amides is 1. The molecule has 0 aliphatic heterocycles. The number of carbonyl (C=O) groups excluding carboxylic acids is 1. The SMILES string of the molecule is Cc1nc(NC(=O)c2ccn(CC(=O)O)n2)sc1C. The Morgan fingerprint density at radius 1 is 1.47 bits per heavy atom. The molecular formula is C11H12N4O3S. The molecule has 7 nitrogen and oxygen atoms in total. The summed E-state index contributed by atoms with van der Waals surface area (Å²) in [6.45, 7) is 3.51. The number of nitrogens with zero attached hydrogens (tertiary/aromatic N) is 3. The smallest absolute Gasteiger partial charge is 0.325 e. The van der Waals surface area contributed by atoms with Crippen molar-refractivity contribution < 1.29 is 14.7 Å². The van der Waals surface area contributed by atoms with E-state index >= 15 is 0 Å². The van der Waals surface area contributed by atoms with Crippen LogP contribution in [0.2, 0.25) is 0 Å². The van der Waals surface area contributed by atoms with Crippen LogP contribution >= 0.6 is 11.3 Å². The van der Waals surface area contributed by atoms with Crippen molar-refractivity contribution in [3.63, 3.8) is 0 Å². The van der Waals surface area contributed by atoms with Crippen molar-refractivity contribution in [1.29, 1.82) is 0 Å². The van der Waals surface area contributed by atoms with Crippen LogP contribution in [-0.2, 0) is 11.3 Å². The number of aryl methyl sites for hydroxylation is 2. The maximum atomic E-state index is 11.9. The topological polar surface area (TPSA) is 97.1 Å². The van der Waals surface area contributed by atoms with Crippen LogP contribution in [-0.4, -0.2) is 31.7 Å². The number of hydrogen-bond acceptors (Lipinski definition) is 5. The third kappa shape index (κ3) is 3.16. The van der Waals surface area contributed by atoms with Crippen LogP contribution in [0.3, 0.4) is 0 Å². The third-order valence-electron chi connectivity index (χ3n) is 2.42. The van der Waals surface area contributed by atoms with Crippen molar-refractivity contribution in [2.75, 3.05) is 5.32 Å². The molecule has 0 aliphatic rings. The Balaban J connectivity index is 2.07. The second-order valence-corrected chi connectivity index (χ2v) is 5.11. The van der Waals surface area contributed by atoms with Gasteiger partial charge in [-0.05, 0) is 19.9 Å². The fourth-order valence-corrected chi connectivity index (χ4v) is 2.21. The summed E-state index contributed by atoms with van der Waals surface area (Å²) in [4.78, 5) is 27.6. The average Bonchev–Trinajstić information content (AvgIpc) is 2.86. The van der Waals surface area contributed by atoms with Gasteiger partial charge in [-0.1, -0.05) is 0 Å². The first-order valence-corrected chi connectivity index (χ1v) is 6.28. The van der Waals surface area contributed by atoms with E-state index in [2.05, 4.69) is 15.4 Å². The number of rotatable bonds is 4. The Bertz CT molecular complexity index is 612. The van der Waals surface area contributed by atoms with E-state index in [9.17, 15) is 9.59 Å². The molecule has 2 rings (SSSR count). The van der Waals surface area contributed by atoms with Gasteiger partial charge in [0.2, 0.25) is 0 Å². The molecule has 2 aromatic rings. The van der Waals surface area contributed by atoms with Gasteiger partial charge in [-0.3, -0.25) is 19.6 Å². The van der Waals surface area contributed by atoms with Gasteiger partial charge in [-0.15, -0.1) is 11.3 Å². The predicted octanol–water partition coefficient (Wildman–Crippen LogP) is 1.29. The fourth-order valence-electron chi connectivity index (χ4n) is 1.40. The zero-order chi connectivity index (χ0) is 14.0. The number of hydrogen-bond donors (Lipinski definition) is 2. The Labute approximate surface area is 112 Å². The number of carboxylic acids is 1. The zero-order valence-corrected chi connectivity index (χ0v) is 11.2. The van der Waals surface area contributed by atoms with Gasteiger partial charge >= 0.3 is 5.97 Å².